The minimum atomic E-state index is -4.57. The molecule has 0 radical (unpaired) electrons. The highest BCUT2D eigenvalue weighted by Crippen LogP contribution is 2.31. The highest BCUT2D eigenvalue weighted by molar-refractivity contribution is 5.94. The quantitative estimate of drug-likeness (QED) is 0.891. The Hall–Kier alpha value is -2.51. The van der Waals surface area contributed by atoms with Crippen LogP contribution in [0, 0.1) is 0 Å². The molecule has 0 saturated heterocycles. The molecule has 8 heteroatoms. The normalized spacial score (nSPS) is 11.4. The number of hydrogen-bond donors (Lipinski definition) is 2. The van der Waals surface area contributed by atoms with E-state index in [-0.39, 0.29) is 5.69 Å². The summed E-state index contributed by atoms with van der Waals surface area (Å²) in [5, 5.41) is 15.8. The third kappa shape index (κ3) is 3.74. The van der Waals surface area contributed by atoms with Gasteiger partial charge in [-0.25, -0.2) is 4.79 Å². The van der Waals surface area contributed by atoms with Crippen molar-refractivity contribution in [1.29, 1.82) is 0 Å². The van der Waals surface area contributed by atoms with Gasteiger partial charge in [0.1, 0.15) is 0 Å². The zero-order valence-electron chi connectivity index (χ0n) is 10.8. The Kier molecular flexibility index (Phi) is 4.15. The molecule has 21 heavy (non-hydrogen) atoms. The number of aromatic carboxylic acids is 1. The molecule has 112 valence electrons. The van der Waals surface area contributed by atoms with Gasteiger partial charge in [0.25, 0.3) is 0 Å². The number of nitrogens with one attached hydrogen (secondary N) is 1. The molecule has 1 heterocycles. The molecule has 1 aromatic heterocycles. The second kappa shape index (κ2) is 5.86. The predicted octanol–water partition coefficient (Wildman–Crippen LogP) is 2.71. The molecule has 0 amide bonds. The maximum absolute atomic E-state index is 12.6. The van der Waals surface area contributed by atoms with Crippen molar-refractivity contribution in [3.63, 3.8) is 0 Å². The van der Waals surface area contributed by atoms with Gasteiger partial charge in [0, 0.05) is 24.6 Å². The molecule has 2 aromatic rings. The van der Waals surface area contributed by atoms with E-state index in [4.69, 9.17) is 5.11 Å². The second-order valence-corrected chi connectivity index (χ2v) is 4.26. The Labute approximate surface area is 118 Å². The van der Waals surface area contributed by atoms with Crippen LogP contribution in [0.2, 0.25) is 0 Å². The number of carboxylic acid groups (broad SMARTS) is 1. The Morgan fingerprint density at radius 3 is 2.71 bits per heavy atom. The zero-order valence-corrected chi connectivity index (χ0v) is 10.8. The van der Waals surface area contributed by atoms with Crippen LogP contribution in [0.5, 0.6) is 0 Å². The second-order valence-electron chi connectivity index (χ2n) is 4.26. The van der Waals surface area contributed by atoms with Crippen molar-refractivity contribution in [2.24, 2.45) is 0 Å². The lowest BCUT2D eigenvalue weighted by Gasteiger charge is -2.13. The first kappa shape index (κ1) is 14.9. The predicted molar refractivity (Wildman–Crippen MR) is 69.1 cm³/mol. The third-order valence-corrected chi connectivity index (χ3v) is 2.79. The number of alkyl halides is 3. The minimum Gasteiger partial charge on any atom is -0.478 e. The summed E-state index contributed by atoms with van der Waals surface area (Å²) in [7, 11) is 0. The Bertz CT molecular complexity index is 624. The van der Waals surface area contributed by atoms with Gasteiger partial charge in [-0.05, 0) is 24.3 Å². The van der Waals surface area contributed by atoms with E-state index in [1.54, 1.807) is 23.1 Å². The summed E-state index contributed by atoms with van der Waals surface area (Å²) in [6.07, 6.45) is -1.24. The van der Waals surface area contributed by atoms with Crippen molar-refractivity contribution in [2.45, 2.75) is 12.7 Å². The molecule has 0 aliphatic carbocycles. The van der Waals surface area contributed by atoms with Crippen molar-refractivity contribution in [1.82, 2.24) is 9.78 Å². The molecule has 0 atom stereocenters. The van der Waals surface area contributed by atoms with Crippen molar-refractivity contribution in [3.05, 3.63) is 47.8 Å². The fourth-order valence-corrected chi connectivity index (χ4v) is 1.79. The van der Waals surface area contributed by atoms with Gasteiger partial charge in [-0.3, -0.25) is 4.68 Å². The van der Waals surface area contributed by atoms with Crippen LogP contribution in [0.1, 0.15) is 15.9 Å². The molecular weight excluding hydrogens is 287 g/mol. The lowest BCUT2D eigenvalue weighted by Crippen LogP contribution is -2.14. The molecule has 2 N–H and O–H groups in total. The maximum Gasteiger partial charge on any atom is 0.416 e. The molecule has 0 bridgehead atoms. The van der Waals surface area contributed by atoms with Gasteiger partial charge in [-0.1, -0.05) is 0 Å². The number of anilines is 1. The van der Waals surface area contributed by atoms with Gasteiger partial charge >= 0.3 is 12.1 Å². The zero-order chi connectivity index (χ0) is 15.5. The van der Waals surface area contributed by atoms with E-state index in [2.05, 4.69) is 10.4 Å². The Balaban J connectivity index is 2.13. The summed E-state index contributed by atoms with van der Waals surface area (Å²) >= 11 is 0. The maximum atomic E-state index is 12.6. The van der Waals surface area contributed by atoms with E-state index in [0.717, 1.165) is 12.1 Å². The molecule has 0 aliphatic rings. The number of carbonyl (C=O) groups is 1. The van der Waals surface area contributed by atoms with Gasteiger partial charge in [0.15, 0.2) is 0 Å². The lowest BCUT2D eigenvalue weighted by atomic mass is 10.1. The molecule has 0 unspecified atom stereocenters. The summed E-state index contributed by atoms with van der Waals surface area (Å²) in [5.74, 6) is -1.41. The number of aromatic nitrogens is 2. The van der Waals surface area contributed by atoms with Crippen LogP contribution in [-0.2, 0) is 12.7 Å². The van der Waals surface area contributed by atoms with Crippen LogP contribution < -0.4 is 5.32 Å². The van der Waals surface area contributed by atoms with E-state index >= 15 is 0 Å². The molecular formula is C13H12F3N3O2. The van der Waals surface area contributed by atoms with Crippen molar-refractivity contribution in [3.8, 4) is 0 Å². The third-order valence-electron chi connectivity index (χ3n) is 2.79. The number of rotatable bonds is 5. The molecule has 5 nitrogen and oxygen atoms in total. The van der Waals surface area contributed by atoms with E-state index in [1.807, 2.05) is 0 Å². The van der Waals surface area contributed by atoms with Crippen LogP contribution >= 0.6 is 0 Å². The van der Waals surface area contributed by atoms with Crippen LogP contribution in [-0.4, -0.2) is 27.4 Å². The van der Waals surface area contributed by atoms with E-state index in [0.29, 0.717) is 19.2 Å². The summed E-state index contributed by atoms with van der Waals surface area (Å²) in [5.41, 5.74) is -1.26. The molecule has 0 aliphatic heterocycles. The van der Waals surface area contributed by atoms with Crippen molar-refractivity contribution < 1.29 is 23.1 Å². The van der Waals surface area contributed by atoms with Crippen LogP contribution in [0.25, 0.3) is 0 Å². The molecule has 0 saturated carbocycles. The number of hydrogen-bond acceptors (Lipinski definition) is 3. The van der Waals surface area contributed by atoms with Gasteiger partial charge < -0.3 is 10.4 Å². The SMILES string of the molecule is O=C(O)c1cc(C(F)(F)F)ccc1NCCn1cccn1. The van der Waals surface area contributed by atoms with E-state index in [9.17, 15) is 18.0 Å². The molecule has 0 fully saturated rings. The first-order chi connectivity index (χ1) is 9.88. The topological polar surface area (TPSA) is 67.2 Å². The van der Waals surface area contributed by atoms with Gasteiger partial charge in [-0.2, -0.15) is 18.3 Å². The van der Waals surface area contributed by atoms with Crippen molar-refractivity contribution in [2.75, 3.05) is 11.9 Å². The summed E-state index contributed by atoms with van der Waals surface area (Å²) < 4.78 is 39.4. The van der Waals surface area contributed by atoms with Crippen LogP contribution in [0.4, 0.5) is 18.9 Å². The largest absolute Gasteiger partial charge is 0.478 e. The van der Waals surface area contributed by atoms with Gasteiger partial charge in [-0.15, -0.1) is 0 Å². The Morgan fingerprint density at radius 1 is 1.38 bits per heavy atom. The monoisotopic (exact) mass is 299 g/mol. The molecule has 0 spiro atoms. The first-order valence-electron chi connectivity index (χ1n) is 6.04. The summed E-state index contributed by atoms with van der Waals surface area (Å²) in [6, 6.07) is 4.33. The lowest BCUT2D eigenvalue weighted by molar-refractivity contribution is -0.137. The van der Waals surface area contributed by atoms with Crippen LogP contribution in [0.3, 0.4) is 0 Å². The summed E-state index contributed by atoms with van der Waals surface area (Å²) in [6.45, 7) is 0.806. The highest BCUT2D eigenvalue weighted by atomic mass is 19.4. The number of benzene rings is 1. The van der Waals surface area contributed by atoms with Gasteiger partial charge in [0.2, 0.25) is 0 Å². The standard InChI is InChI=1S/C13H12F3N3O2/c14-13(15,16)9-2-3-11(10(8-9)12(20)21)17-5-7-19-6-1-4-18-19/h1-4,6,8,17H,5,7H2,(H,20,21). The fraction of sp³-hybridized carbons (Fsp3) is 0.231. The fourth-order valence-electron chi connectivity index (χ4n) is 1.79. The molecule has 1 aromatic carbocycles. The first-order valence-corrected chi connectivity index (χ1v) is 6.04. The average molecular weight is 299 g/mol. The number of carboxylic acids is 1. The Morgan fingerprint density at radius 2 is 2.14 bits per heavy atom. The average Bonchev–Trinajstić information content (AvgIpc) is 2.90. The van der Waals surface area contributed by atoms with E-state index < -0.39 is 23.3 Å². The number of nitrogens with zero attached hydrogens (tertiary/aromatic N) is 2. The minimum absolute atomic E-state index is 0.141. The smallest absolute Gasteiger partial charge is 0.416 e. The number of halogens is 3. The molecule has 2 rings (SSSR count). The van der Waals surface area contributed by atoms with Gasteiger partial charge in [0.05, 0.1) is 17.7 Å². The highest BCUT2D eigenvalue weighted by Gasteiger charge is 2.31. The van der Waals surface area contributed by atoms with Crippen molar-refractivity contribution >= 4 is 11.7 Å². The summed E-state index contributed by atoms with van der Waals surface area (Å²) in [4.78, 5) is 11.1. The van der Waals surface area contributed by atoms with Crippen LogP contribution in [0.15, 0.2) is 36.7 Å². The van der Waals surface area contributed by atoms with E-state index in [1.165, 1.54) is 0 Å².